The van der Waals surface area contributed by atoms with Gasteiger partial charge in [-0.2, -0.15) is 0 Å². The molecular weight excluding hydrogens is 566 g/mol. The first-order chi connectivity index (χ1) is 22.8. The van der Waals surface area contributed by atoms with Gasteiger partial charge in [-0.3, -0.25) is 9.97 Å². The molecule has 0 unspecified atom stereocenters. The Kier molecular flexibility index (Phi) is 6.13. The third kappa shape index (κ3) is 4.41. The van der Waals surface area contributed by atoms with Crippen LogP contribution in [0.5, 0.6) is 11.5 Å². The molecule has 0 spiro atoms. The molecule has 8 aromatic rings. The summed E-state index contributed by atoms with van der Waals surface area (Å²) in [5, 5.41) is 2.46. The first kappa shape index (κ1) is 26.2. The second kappa shape index (κ2) is 10.8. The largest absolute Gasteiger partial charge is 0.457 e. The van der Waals surface area contributed by atoms with Crippen LogP contribution in [0, 0.1) is 0 Å². The molecule has 1 aliphatic rings. The Labute approximate surface area is 266 Å². The number of aromatic nitrogens is 3. The highest BCUT2D eigenvalue weighted by atomic mass is 16.7. The number of hydrogen-bond donors (Lipinski definition) is 0. The molecule has 0 aliphatic carbocycles. The van der Waals surface area contributed by atoms with Crippen molar-refractivity contribution in [2.45, 2.75) is 0 Å². The van der Waals surface area contributed by atoms with Gasteiger partial charge in [0.25, 0.3) is 0 Å². The van der Waals surface area contributed by atoms with Crippen LogP contribution in [0.2, 0.25) is 0 Å². The maximum Gasteiger partial charge on any atom is 0.230 e. The summed E-state index contributed by atoms with van der Waals surface area (Å²) in [6, 6.07) is 44.7. The lowest BCUT2D eigenvalue weighted by Gasteiger charge is -2.15. The Balaban J connectivity index is 1.23. The van der Waals surface area contributed by atoms with E-state index in [1.807, 2.05) is 24.5 Å². The van der Waals surface area contributed by atoms with Gasteiger partial charge in [0.2, 0.25) is 6.79 Å². The summed E-state index contributed by atoms with van der Waals surface area (Å²) in [6.45, 7) is 0.149. The van der Waals surface area contributed by atoms with Gasteiger partial charge in [-0.25, -0.2) is 0 Å². The van der Waals surface area contributed by atoms with E-state index in [0.29, 0.717) is 0 Å². The third-order valence-corrected chi connectivity index (χ3v) is 8.76. The van der Waals surface area contributed by atoms with Gasteiger partial charge in [0, 0.05) is 63.5 Å². The van der Waals surface area contributed by atoms with Crippen LogP contribution in [-0.2, 0) is 0 Å². The molecule has 0 fully saturated rings. The summed E-state index contributed by atoms with van der Waals surface area (Å²) in [7, 11) is 0. The molecule has 5 nitrogen and oxygen atoms in total. The Morgan fingerprint density at radius 1 is 0.457 bits per heavy atom. The smallest absolute Gasteiger partial charge is 0.230 e. The number of ether oxygens (including phenoxy) is 2. The third-order valence-electron chi connectivity index (χ3n) is 8.76. The van der Waals surface area contributed by atoms with Gasteiger partial charge in [0.15, 0.2) is 0 Å². The lowest BCUT2D eigenvalue weighted by molar-refractivity contribution is 0.125. The lowest BCUT2D eigenvalue weighted by Crippen LogP contribution is -2.03. The Bertz CT molecular complexity index is 2290. The monoisotopic (exact) mass is 593 g/mol. The first-order valence-corrected chi connectivity index (χ1v) is 15.3. The average molecular weight is 594 g/mol. The summed E-state index contributed by atoms with van der Waals surface area (Å²) in [4.78, 5) is 8.76. The highest BCUT2D eigenvalue weighted by Gasteiger charge is 2.20. The number of hydrogen-bond acceptors (Lipinski definition) is 4. The molecule has 4 heterocycles. The van der Waals surface area contributed by atoms with Gasteiger partial charge in [-0.15, -0.1) is 0 Å². The van der Waals surface area contributed by atoms with Gasteiger partial charge in [0.1, 0.15) is 11.5 Å². The Morgan fingerprint density at radius 2 is 1.00 bits per heavy atom. The quantitative estimate of drug-likeness (QED) is 0.204. The van der Waals surface area contributed by atoms with Crippen molar-refractivity contribution < 1.29 is 9.47 Å². The molecule has 5 aromatic carbocycles. The molecule has 5 heteroatoms. The molecule has 0 atom stereocenters. The molecule has 46 heavy (non-hydrogen) atoms. The van der Waals surface area contributed by atoms with Crippen molar-refractivity contribution in [3.05, 3.63) is 152 Å². The van der Waals surface area contributed by atoms with Gasteiger partial charge in [-0.1, -0.05) is 54.6 Å². The fourth-order valence-electron chi connectivity index (χ4n) is 6.59. The predicted molar refractivity (Wildman–Crippen MR) is 184 cm³/mol. The number of para-hydroxylation sites is 2. The number of rotatable bonds is 4. The number of nitrogens with zero attached hydrogens (tertiary/aromatic N) is 3. The number of pyridine rings is 2. The van der Waals surface area contributed by atoms with E-state index >= 15 is 0 Å². The standard InChI is InChI=1S/C41H27N3O2/c1-3-11-38-34(9-1)35-10-2-4-12-39(35)44(38)33-14-16-41-37(23-33)36-22-27(13-15-40(36)45-26-46-41)30-19-31(28-7-5-17-42-24-28)21-32(20-30)29-8-6-18-43-25-29/h1-25H,26H2. The van der Waals surface area contributed by atoms with Crippen LogP contribution in [0.1, 0.15) is 0 Å². The van der Waals surface area contributed by atoms with Gasteiger partial charge in [0.05, 0.1) is 11.0 Å². The fraction of sp³-hybridized carbons (Fsp3) is 0.0244. The molecule has 3 aromatic heterocycles. The maximum atomic E-state index is 6.13. The summed E-state index contributed by atoms with van der Waals surface area (Å²) in [5.74, 6) is 1.58. The fourth-order valence-corrected chi connectivity index (χ4v) is 6.59. The number of fused-ring (bicyclic) bond motifs is 6. The van der Waals surface area contributed by atoms with Crippen LogP contribution >= 0.6 is 0 Å². The molecule has 9 rings (SSSR count). The van der Waals surface area contributed by atoms with Crippen molar-refractivity contribution in [1.29, 1.82) is 0 Å². The maximum absolute atomic E-state index is 6.13. The van der Waals surface area contributed by atoms with Crippen molar-refractivity contribution in [2.75, 3.05) is 6.79 Å². The van der Waals surface area contributed by atoms with Crippen molar-refractivity contribution in [3.8, 4) is 61.7 Å². The van der Waals surface area contributed by atoms with Gasteiger partial charge < -0.3 is 14.0 Å². The average Bonchev–Trinajstić information content (AvgIpc) is 3.35. The molecule has 0 saturated carbocycles. The minimum absolute atomic E-state index is 0.149. The Morgan fingerprint density at radius 3 is 1.59 bits per heavy atom. The van der Waals surface area contributed by atoms with Gasteiger partial charge >= 0.3 is 0 Å². The predicted octanol–water partition coefficient (Wildman–Crippen LogP) is 9.97. The van der Waals surface area contributed by atoms with Crippen molar-refractivity contribution in [1.82, 2.24) is 14.5 Å². The molecule has 0 radical (unpaired) electrons. The second-order valence-electron chi connectivity index (χ2n) is 11.5. The summed E-state index contributed by atoms with van der Waals surface area (Å²) >= 11 is 0. The molecule has 218 valence electrons. The van der Waals surface area contributed by atoms with E-state index in [1.54, 1.807) is 12.4 Å². The van der Waals surface area contributed by atoms with E-state index < -0.39 is 0 Å². The number of benzene rings is 5. The van der Waals surface area contributed by atoms with Gasteiger partial charge in [-0.05, 0) is 95.1 Å². The molecule has 1 aliphatic heterocycles. The van der Waals surface area contributed by atoms with E-state index in [4.69, 9.17) is 9.47 Å². The molecule has 0 bridgehead atoms. The molecule has 0 amide bonds. The highest BCUT2D eigenvalue weighted by molar-refractivity contribution is 6.09. The second-order valence-corrected chi connectivity index (χ2v) is 11.5. The first-order valence-electron chi connectivity index (χ1n) is 15.3. The summed E-state index contributed by atoms with van der Waals surface area (Å²) in [5.41, 5.74) is 11.8. The minimum Gasteiger partial charge on any atom is -0.457 e. The molecule has 0 saturated heterocycles. The SMILES string of the molecule is c1cncc(-c2cc(-c3cccnc3)cc(-c3ccc4c(c3)-c3cc(-n5c6ccccc6c6ccccc65)ccc3OCO4)c2)c1. The normalized spacial score (nSPS) is 12.2. The summed E-state index contributed by atoms with van der Waals surface area (Å²) < 4.78 is 14.6. The van der Waals surface area contributed by atoms with Crippen LogP contribution in [0.3, 0.4) is 0 Å². The highest BCUT2D eigenvalue weighted by Crippen LogP contribution is 2.44. The van der Waals surface area contributed by atoms with Crippen LogP contribution in [0.4, 0.5) is 0 Å². The van der Waals surface area contributed by atoms with E-state index in [-0.39, 0.29) is 6.79 Å². The zero-order chi connectivity index (χ0) is 30.5. The zero-order valence-electron chi connectivity index (χ0n) is 24.8. The minimum atomic E-state index is 0.149. The molecular formula is C41H27N3O2. The zero-order valence-corrected chi connectivity index (χ0v) is 24.8. The van der Waals surface area contributed by atoms with Crippen LogP contribution in [0.25, 0.3) is 72.0 Å². The summed E-state index contributed by atoms with van der Waals surface area (Å²) in [6.07, 6.45) is 7.41. The lowest BCUT2D eigenvalue weighted by atomic mass is 9.92. The van der Waals surface area contributed by atoms with Crippen LogP contribution in [-0.4, -0.2) is 21.3 Å². The van der Waals surface area contributed by atoms with Crippen molar-refractivity contribution >= 4 is 21.8 Å². The Hall–Kier alpha value is -6.20. The molecule has 0 N–H and O–H groups in total. The van der Waals surface area contributed by atoms with Crippen LogP contribution in [0.15, 0.2) is 152 Å². The van der Waals surface area contributed by atoms with E-state index in [2.05, 4.69) is 130 Å². The van der Waals surface area contributed by atoms with Crippen LogP contribution < -0.4 is 9.47 Å². The van der Waals surface area contributed by atoms with E-state index in [1.165, 1.54) is 21.8 Å². The van der Waals surface area contributed by atoms with Crippen molar-refractivity contribution in [2.24, 2.45) is 0 Å². The van der Waals surface area contributed by atoms with E-state index in [9.17, 15) is 0 Å². The van der Waals surface area contributed by atoms with Crippen molar-refractivity contribution in [3.63, 3.8) is 0 Å². The topological polar surface area (TPSA) is 49.2 Å². The van der Waals surface area contributed by atoms with E-state index in [0.717, 1.165) is 61.7 Å².